The van der Waals surface area contributed by atoms with Crippen LogP contribution in [0, 0.1) is 5.41 Å². The maximum atomic E-state index is 8.98. The summed E-state index contributed by atoms with van der Waals surface area (Å²) in [6, 6.07) is 51.8. The molecular weight excluding hydrogens is 607 g/mol. The summed E-state index contributed by atoms with van der Waals surface area (Å²) in [5.74, 6) is 0.140. The van der Waals surface area contributed by atoms with Crippen LogP contribution in [0.2, 0.25) is 0 Å². The Morgan fingerprint density at radius 3 is 2.12 bits per heavy atom. The molecule has 0 unspecified atom stereocenters. The fourth-order valence-electron chi connectivity index (χ4n) is 6.40. The highest BCUT2D eigenvalue weighted by Gasteiger charge is 2.13. The molecule has 0 saturated heterocycles. The van der Waals surface area contributed by atoms with E-state index in [2.05, 4.69) is 88.8 Å². The smallest absolute Gasteiger partial charge is 0.229 e. The Morgan fingerprint density at radius 2 is 1.27 bits per heavy atom. The molecule has 0 spiro atoms. The van der Waals surface area contributed by atoms with Crippen LogP contribution in [0.5, 0.6) is 0 Å². The zero-order chi connectivity index (χ0) is 32.0. The van der Waals surface area contributed by atoms with Gasteiger partial charge in [-0.15, -0.1) is 11.3 Å². The molecule has 0 amide bonds. The van der Waals surface area contributed by atoms with Crippen molar-refractivity contribution >= 4 is 59.8 Å². The lowest BCUT2D eigenvalue weighted by Gasteiger charge is -2.09. The Kier molecular flexibility index (Phi) is 6.73. The number of hydrogen-bond acceptors (Lipinski definition) is 4. The minimum atomic E-state index is 0.140. The van der Waals surface area contributed by atoms with E-state index in [9.17, 15) is 0 Å². The first-order chi connectivity index (χ1) is 23.7. The zero-order valence-corrected chi connectivity index (χ0v) is 26.5. The Balaban J connectivity index is 1.13. The van der Waals surface area contributed by atoms with E-state index >= 15 is 0 Å². The minimum Gasteiger partial charge on any atom is -0.323 e. The molecule has 0 aliphatic rings. The van der Waals surface area contributed by atoms with Crippen LogP contribution in [-0.2, 0) is 0 Å². The standard InChI is InChI=1S/C42H27N5S/c43-40(47-42-45-35-17-8-7-16-33(35)38(46-42)28-10-3-1-4-11-28)32-15-9-14-30(24-32)31-21-19-26-18-20-27-22-23-36-39(37(27)34(26)25-31)48-41(44-36)29-12-5-2-6-13-29/h1-25H,(H2,43,45,46,47). The average molecular weight is 634 g/mol. The molecule has 2 heterocycles. The van der Waals surface area contributed by atoms with Gasteiger partial charge in [0.2, 0.25) is 5.62 Å². The molecular formula is C42H27N5S. The Hall–Kier alpha value is -6.24. The molecule has 9 aromatic rings. The van der Waals surface area contributed by atoms with E-state index in [1.165, 1.54) is 26.2 Å². The summed E-state index contributed by atoms with van der Waals surface area (Å²) in [7, 11) is 0. The fourth-order valence-corrected chi connectivity index (χ4v) is 7.54. The van der Waals surface area contributed by atoms with Gasteiger partial charge in [0.05, 0.1) is 21.4 Å². The van der Waals surface area contributed by atoms with Gasteiger partial charge in [0.25, 0.3) is 0 Å². The van der Waals surface area contributed by atoms with Crippen molar-refractivity contribution in [2.24, 2.45) is 4.99 Å². The van der Waals surface area contributed by atoms with Gasteiger partial charge in [-0.25, -0.2) is 9.97 Å². The second kappa shape index (κ2) is 11.5. The fraction of sp³-hybridized carbons (Fsp3) is 0. The Bertz CT molecular complexity index is 2740. The molecule has 48 heavy (non-hydrogen) atoms. The lowest BCUT2D eigenvalue weighted by Crippen LogP contribution is -2.17. The summed E-state index contributed by atoms with van der Waals surface area (Å²) >= 11 is 1.74. The number of fused-ring (bicyclic) bond motifs is 6. The van der Waals surface area contributed by atoms with E-state index in [1.807, 2.05) is 72.8 Å². The van der Waals surface area contributed by atoms with Crippen LogP contribution < -0.4 is 5.62 Å². The number of para-hydroxylation sites is 1. The summed E-state index contributed by atoms with van der Waals surface area (Å²) in [5.41, 5.74) is 8.10. The van der Waals surface area contributed by atoms with E-state index < -0.39 is 0 Å². The van der Waals surface area contributed by atoms with Crippen LogP contribution in [0.4, 0.5) is 0 Å². The van der Waals surface area contributed by atoms with E-state index in [-0.39, 0.29) is 5.84 Å². The van der Waals surface area contributed by atoms with Crippen LogP contribution in [0.25, 0.3) is 75.6 Å². The molecule has 9 rings (SSSR count). The highest BCUT2D eigenvalue weighted by Crippen LogP contribution is 2.39. The van der Waals surface area contributed by atoms with Gasteiger partial charge in [-0.1, -0.05) is 127 Å². The molecule has 226 valence electrons. The molecule has 5 nitrogen and oxygen atoms in total. The van der Waals surface area contributed by atoms with Crippen molar-refractivity contribution in [1.29, 1.82) is 5.41 Å². The molecule has 0 aliphatic heterocycles. The predicted molar refractivity (Wildman–Crippen MR) is 199 cm³/mol. The van der Waals surface area contributed by atoms with Gasteiger partial charge in [-0.05, 0) is 51.6 Å². The van der Waals surface area contributed by atoms with Crippen molar-refractivity contribution in [2.75, 3.05) is 0 Å². The van der Waals surface area contributed by atoms with E-state index in [0.717, 1.165) is 49.4 Å². The van der Waals surface area contributed by atoms with Crippen molar-refractivity contribution in [1.82, 2.24) is 15.0 Å². The lowest BCUT2D eigenvalue weighted by atomic mass is 9.96. The number of rotatable bonds is 4. The van der Waals surface area contributed by atoms with Gasteiger partial charge in [0, 0.05) is 27.5 Å². The first-order valence-corrected chi connectivity index (χ1v) is 16.6. The second-order valence-corrected chi connectivity index (χ2v) is 12.8. The van der Waals surface area contributed by atoms with Crippen molar-refractivity contribution < 1.29 is 0 Å². The van der Waals surface area contributed by atoms with E-state index in [4.69, 9.17) is 15.4 Å². The molecule has 0 fully saturated rings. The molecule has 0 atom stereocenters. The van der Waals surface area contributed by atoms with Crippen molar-refractivity contribution in [3.05, 3.63) is 163 Å². The van der Waals surface area contributed by atoms with E-state index in [0.29, 0.717) is 11.2 Å². The summed E-state index contributed by atoms with van der Waals surface area (Å²) < 4.78 is 1.19. The first-order valence-electron chi connectivity index (χ1n) is 15.8. The van der Waals surface area contributed by atoms with E-state index in [1.54, 1.807) is 11.3 Å². The third-order valence-corrected chi connectivity index (χ3v) is 9.89. The highest BCUT2D eigenvalue weighted by molar-refractivity contribution is 7.22. The van der Waals surface area contributed by atoms with Gasteiger partial charge in [-0.3, -0.25) is 5.41 Å². The first kappa shape index (κ1) is 28.0. The predicted octanol–water partition coefficient (Wildman–Crippen LogP) is 10.4. The van der Waals surface area contributed by atoms with Gasteiger partial charge in [0.1, 0.15) is 5.01 Å². The number of aromatic amines is 1. The number of hydrogen-bond donors (Lipinski definition) is 2. The normalized spacial score (nSPS) is 12.0. The Labute approximate surface area is 280 Å². The number of H-pyrrole nitrogens is 1. The largest absolute Gasteiger partial charge is 0.323 e. The topological polar surface area (TPSA) is 77.8 Å². The van der Waals surface area contributed by atoms with Crippen LogP contribution in [0.3, 0.4) is 0 Å². The number of nitrogens with zero attached hydrogens (tertiary/aromatic N) is 3. The molecule has 0 radical (unpaired) electrons. The summed E-state index contributed by atoms with van der Waals surface area (Å²) in [6.07, 6.45) is 0. The Morgan fingerprint density at radius 1 is 0.583 bits per heavy atom. The highest BCUT2D eigenvalue weighted by atomic mass is 32.1. The summed E-state index contributed by atoms with van der Waals surface area (Å²) in [5, 5.41) is 15.8. The molecule has 0 bridgehead atoms. The maximum Gasteiger partial charge on any atom is 0.229 e. The molecule has 2 N–H and O–H groups in total. The van der Waals surface area contributed by atoms with Crippen LogP contribution in [0.15, 0.2) is 157 Å². The number of thiazole rings is 1. The monoisotopic (exact) mass is 633 g/mol. The quantitative estimate of drug-likeness (QED) is 0.115. The molecule has 2 aromatic heterocycles. The molecule has 0 aliphatic carbocycles. The second-order valence-electron chi connectivity index (χ2n) is 11.8. The maximum absolute atomic E-state index is 8.98. The minimum absolute atomic E-state index is 0.140. The third kappa shape index (κ3) is 4.96. The van der Waals surface area contributed by atoms with Crippen molar-refractivity contribution in [3.63, 3.8) is 0 Å². The van der Waals surface area contributed by atoms with Crippen molar-refractivity contribution in [2.45, 2.75) is 0 Å². The third-order valence-electron chi connectivity index (χ3n) is 8.76. The van der Waals surface area contributed by atoms with Gasteiger partial charge in [-0.2, -0.15) is 4.99 Å². The SMILES string of the molecule is N=C(N=c1nc(-c2ccccc2)c2ccccc2[nH]1)c1cccc(-c2ccc3ccc4ccc5nc(-c6ccccc6)sc5c4c3c2)c1. The molecule has 0 saturated carbocycles. The summed E-state index contributed by atoms with van der Waals surface area (Å²) in [4.78, 5) is 17.8. The van der Waals surface area contributed by atoms with Crippen LogP contribution >= 0.6 is 11.3 Å². The molecule has 6 heteroatoms. The zero-order valence-electron chi connectivity index (χ0n) is 25.7. The number of benzene rings is 7. The van der Waals surface area contributed by atoms with Crippen LogP contribution in [-0.4, -0.2) is 20.8 Å². The number of nitrogens with one attached hydrogen (secondary N) is 2. The average Bonchev–Trinajstić information content (AvgIpc) is 3.60. The van der Waals surface area contributed by atoms with Gasteiger partial charge < -0.3 is 4.98 Å². The van der Waals surface area contributed by atoms with Gasteiger partial charge >= 0.3 is 0 Å². The summed E-state index contributed by atoms with van der Waals surface area (Å²) in [6.45, 7) is 0. The number of amidine groups is 1. The van der Waals surface area contributed by atoms with Crippen molar-refractivity contribution in [3.8, 4) is 33.0 Å². The van der Waals surface area contributed by atoms with Crippen LogP contribution in [0.1, 0.15) is 5.56 Å². The molecule has 7 aromatic carbocycles. The lowest BCUT2D eigenvalue weighted by molar-refractivity contribution is 1.05. The van der Waals surface area contributed by atoms with Gasteiger partial charge in [0.15, 0.2) is 5.84 Å². The number of aromatic nitrogens is 3.